The van der Waals surface area contributed by atoms with Gasteiger partial charge >= 0.3 is 6.16 Å². The second-order valence-electron chi connectivity index (χ2n) is 4.06. The molecule has 0 bridgehead atoms. The molecule has 0 aromatic rings. The van der Waals surface area contributed by atoms with Crippen LogP contribution in [0.5, 0.6) is 0 Å². The molecule has 0 radical (unpaired) electrons. The molecule has 2 aliphatic rings. The number of ether oxygens (including phenoxy) is 2. The van der Waals surface area contributed by atoms with Crippen molar-refractivity contribution in [1.82, 2.24) is 0 Å². The molecule has 0 aromatic carbocycles. The lowest BCUT2D eigenvalue weighted by Crippen LogP contribution is -2.61. The summed E-state index contributed by atoms with van der Waals surface area (Å²) in [6.07, 6.45) is 2.91. The molecule has 0 aromatic heterocycles. The van der Waals surface area contributed by atoms with Crippen LogP contribution in [0.15, 0.2) is 0 Å². The number of fused-ring (bicyclic) bond motifs is 1. The van der Waals surface area contributed by atoms with E-state index in [0.29, 0.717) is 0 Å². The Bertz CT molecular complexity index is 234. The zero-order chi connectivity index (χ0) is 10.2. The van der Waals surface area contributed by atoms with Crippen molar-refractivity contribution in [3.63, 3.8) is 0 Å². The number of carbonyl (C=O) groups is 1. The fraction of sp³-hybridized carbons (Fsp3) is 0.889. The average Bonchev–Trinajstić information content (AvgIpc) is 2.51. The van der Waals surface area contributed by atoms with E-state index in [1.54, 1.807) is 0 Å². The van der Waals surface area contributed by atoms with Crippen molar-refractivity contribution in [2.45, 2.75) is 36.9 Å². The van der Waals surface area contributed by atoms with Gasteiger partial charge in [0, 0.05) is 13.1 Å². The fourth-order valence-corrected chi connectivity index (χ4v) is 2.56. The minimum absolute atomic E-state index is 0.288. The molecule has 0 spiro atoms. The van der Waals surface area contributed by atoms with Crippen molar-refractivity contribution in [3.8, 4) is 0 Å². The summed E-state index contributed by atoms with van der Waals surface area (Å²) in [6.45, 7) is 0.575. The lowest BCUT2D eigenvalue weighted by atomic mass is 9.71. The molecule has 1 saturated heterocycles. The average molecular weight is 200 g/mol. The lowest BCUT2D eigenvalue weighted by Gasteiger charge is -2.42. The van der Waals surface area contributed by atoms with Gasteiger partial charge in [-0.2, -0.15) is 0 Å². The lowest BCUT2D eigenvalue weighted by molar-refractivity contribution is -0.0682. The Hall–Kier alpha value is -0.810. The highest BCUT2D eigenvalue weighted by Gasteiger charge is 2.62. The van der Waals surface area contributed by atoms with Crippen molar-refractivity contribution in [2.24, 2.45) is 11.5 Å². The predicted octanol–water partition coefficient (Wildman–Crippen LogP) is 0.122. The molecule has 80 valence electrons. The van der Waals surface area contributed by atoms with Crippen molar-refractivity contribution in [3.05, 3.63) is 0 Å². The van der Waals surface area contributed by atoms with E-state index in [4.69, 9.17) is 20.9 Å². The molecule has 5 nitrogen and oxygen atoms in total. The first-order valence-corrected chi connectivity index (χ1v) is 5.00. The van der Waals surface area contributed by atoms with Gasteiger partial charge in [-0.05, 0) is 25.7 Å². The van der Waals surface area contributed by atoms with Crippen LogP contribution < -0.4 is 11.5 Å². The Kier molecular flexibility index (Phi) is 2.16. The van der Waals surface area contributed by atoms with Gasteiger partial charge in [0.1, 0.15) is 0 Å². The SMILES string of the molecule is NCC12CCCCC1(CN)OC(=O)O2. The third-order valence-corrected chi connectivity index (χ3v) is 3.46. The zero-order valence-corrected chi connectivity index (χ0v) is 8.12. The smallest absolute Gasteiger partial charge is 0.422 e. The number of rotatable bonds is 2. The molecule has 1 saturated carbocycles. The summed E-state index contributed by atoms with van der Waals surface area (Å²) < 4.78 is 10.5. The fourth-order valence-electron chi connectivity index (χ4n) is 2.56. The van der Waals surface area contributed by atoms with Crippen molar-refractivity contribution in [1.29, 1.82) is 0 Å². The maximum Gasteiger partial charge on any atom is 0.509 e. The second-order valence-corrected chi connectivity index (χ2v) is 4.06. The van der Waals surface area contributed by atoms with Crippen LogP contribution in [0.2, 0.25) is 0 Å². The Balaban J connectivity index is 2.35. The van der Waals surface area contributed by atoms with Crippen molar-refractivity contribution < 1.29 is 14.3 Å². The molecule has 2 unspecified atom stereocenters. The number of hydrogen-bond donors (Lipinski definition) is 2. The standard InChI is InChI=1S/C9H16N2O3/c10-5-8-3-1-2-4-9(8,6-11)14-7(12)13-8/h1-6,10-11H2. The maximum atomic E-state index is 11.2. The minimum atomic E-state index is -0.670. The van der Waals surface area contributed by atoms with Crippen molar-refractivity contribution in [2.75, 3.05) is 13.1 Å². The largest absolute Gasteiger partial charge is 0.509 e. The Morgan fingerprint density at radius 3 is 1.86 bits per heavy atom. The summed E-state index contributed by atoms with van der Waals surface area (Å²) in [5.74, 6) is 0. The molecule has 0 amide bonds. The van der Waals surface area contributed by atoms with E-state index in [9.17, 15) is 4.79 Å². The summed E-state index contributed by atoms with van der Waals surface area (Å²) in [7, 11) is 0. The quantitative estimate of drug-likeness (QED) is 0.618. The second kappa shape index (κ2) is 3.10. The topological polar surface area (TPSA) is 87.6 Å². The molecule has 1 aliphatic carbocycles. The molecule has 5 heteroatoms. The molecular weight excluding hydrogens is 184 g/mol. The number of nitrogens with two attached hydrogens (primary N) is 2. The summed E-state index contributed by atoms with van der Waals surface area (Å²) in [5.41, 5.74) is 10.0. The van der Waals surface area contributed by atoms with Gasteiger partial charge in [-0.25, -0.2) is 4.79 Å². The van der Waals surface area contributed by atoms with Crippen LogP contribution in [0.25, 0.3) is 0 Å². The Morgan fingerprint density at radius 2 is 1.50 bits per heavy atom. The van der Waals surface area contributed by atoms with E-state index in [2.05, 4.69) is 0 Å². The van der Waals surface area contributed by atoms with Crippen molar-refractivity contribution >= 4 is 6.16 Å². The molecule has 1 aliphatic heterocycles. The van der Waals surface area contributed by atoms with E-state index in [1.165, 1.54) is 0 Å². The van der Waals surface area contributed by atoms with Crippen LogP contribution in [-0.4, -0.2) is 30.4 Å². The van der Waals surface area contributed by atoms with Crippen LogP contribution in [-0.2, 0) is 9.47 Å². The van der Waals surface area contributed by atoms with Gasteiger partial charge in [-0.1, -0.05) is 0 Å². The Labute approximate surface area is 82.7 Å². The van der Waals surface area contributed by atoms with Gasteiger partial charge in [0.25, 0.3) is 0 Å². The molecule has 14 heavy (non-hydrogen) atoms. The van der Waals surface area contributed by atoms with E-state index < -0.39 is 17.4 Å². The van der Waals surface area contributed by atoms with Crippen LogP contribution >= 0.6 is 0 Å². The Morgan fingerprint density at radius 1 is 1.07 bits per heavy atom. The predicted molar refractivity (Wildman–Crippen MR) is 49.6 cm³/mol. The summed E-state index contributed by atoms with van der Waals surface area (Å²) >= 11 is 0. The van der Waals surface area contributed by atoms with Gasteiger partial charge < -0.3 is 20.9 Å². The highest BCUT2D eigenvalue weighted by atomic mass is 16.8. The van der Waals surface area contributed by atoms with Gasteiger partial charge in [0.15, 0.2) is 11.2 Å². The summed E-state index contributed by atoms with van der Waals surface area (Å²) in [6, 6.07) is 0. The van der Waals surface area contributed by atoms with Crippen LogP contribution in [0.3, 0.4) is 0 Å². The molecule has 2 rings (SSSR count). The van der Waals surface area contributed by atoms with Gasteiger partial charge in [0.2, 0.25) is 0 Å². The summed E-state index contributed by atoms with van der Waals surface area (Å²) in [4.78, 5) is 11.2. The molecule has 2 atom stereocenters. The zero-order valence-electron chi connectivity index (χ0n) is 8.12. The van der Waals surface area contributed by atoms with Gasteiger partial charge in [-0.15, -0.1) is 0 Å². The minimum Gasteiger partial charge on any atom is -0.422 e. The monoisotopic (exact) mass is 200 g/mol. The molecule has 4 N–H and O–H groups in total. The van der Waals surface area contributed by atoms with E-state index in [-0.39, 0.29) is 13.1 Å². The summed E-state index contributed by atoms with van der Waals surface area (Å²) in [5, 5.41) is 0. The molecule has 1 heterocycles. The normalized spacial score (nSPS) is 41.4. The number of carbonyl (C=O) groups excluding carboxylic acids is 1. The van der Waals surface area contributed by atoms with E-state index in [0.717, 1.165) is 25.7 Å². The van der Waals surface area contributed by atoms with Crippen LogP contribution in [0.1, 0.15) is 25.7 Å². The third-order valence-electron chi connectivity index (χ3n) is 3.46. The first-order valence-electron chi connectivity index (χ1n) is 5.00. The molecular formula is C9H16N2O3. The number of hydrogen-bond acceptors (Lipinski definition) is 5. The van der Waals surface area contributed by atoms with Gasteiger partial charge in [-0.3, -0.25) is 0 Å². The van der Waals surface area contributed by atoms with E-state index in [1.807, 2.05) is 0 Å². The maximum absolute atomic E-state index is 11.2. The highest BCUT2D eigenvalue weighted by molar-refractivity contribution is 5.65. The van der Waals surface area contributed by atoms with Gasteiger partial charge in [0.05, 0.1) is 0 Å². The third kappa shape index (κ3) is 1.05. The molecule has 2 fully saturated rings. The van der Waals surface area contributed by atoms with E-state index >= 15 is 0 Å². The first kappa shape index (κ1) is 9.73. The van der Waals surface area contributed by atoms with Crippen LogP contribution in [0, 0.1) is 0 Å². The first-order chi connectivity index (χ1) is 6.68. The highest BCUT2D eigenvalue weighted by Crippen LogP contribution is 2.46. The van der Waals surface area contributed by atoms with Crippen LogP contribution in [0.4, 0.5) is 4.79 Å².